The Morgan fingerprint density at radius 1 is 1.40 bits per heavy atom. The first-order valence-corrected chi connectivity index (χ1v) is 5.88. The highest BCUT2D eigenvalue weighted by molar-refractivity contribution is 6.01. The Labute approximate surface area is 114 Å². The number of furan rings is 1. The van der Waals surface area contributed by atoms with Crippen molar-refractivity contribution in [3.05, 3.63) is 58.0 Å². The van der Waals surface area contributed by atoms with Crippen molar-refractivity contribution in [3.63, 3.8) is 0 Å². The normalized spacial score (nSPS) is 11.8. The number of hydrogen-bond donors (Lipinski definition) is 2. The average Bonchev–Trinajstić information content (AvgIpc) is 2.92. The van der Waals surface area contributed by atoms with E-state index in [1.54, 1.807) is 19.1 Å². The third-order valence-corrected chi connectivity index (χ3v) is 2.84. The molecular formula is C13H13N3O4. The molecule has 0 saturated heterocycles. The van der Waals surface area contributed by atoms with Gasteiger partial charge in [-0.15, -0.1) is 0 Å². The highest BCUT2D eigenvalue weighted by Crippen LogP contribution is 2.25. The monoisotopic (exact) mass is 275 g/mol. The number of nitrogens with zero attached hydrogens (tertiary/aromatic N) is 1. The number of benzene rings is 1. The number of nitro benzene ring substituents is 1. The standard InChI is InChI=1S/C13H13N3O4/c1-8(11-6-3-7-20-11)15-13(17)9-4-2-5-10(12(9)14)16(18)19/h2-8H,14H2,1H3,(H,15,17). The smallest absolute Gasteiger partial charge is 0.292 e. The molecule has 1 aromatic carbocycles. The second-order valence-corrected chi connectivity index (χ2v) is 4.21. The number of hydrogen-bond acceptors (Lipinski definition) is 5. The molecule has 1 atom stereocenters. The van der Waals surface area contributed by atoms with E-state index < -0.39 is 10.8 Å². The summed E-state index contributed by atoms with van der Waals surface area (Å²) in [7, 11) is 0. The third-order valence-electron chi connectivity index (χ3n) is 2.84. The van der Waals surface area contributed by atoms with E-state index in [-0.39, 0.29) is 23.0 Å². The van der Waals surface area contributed by atoms with Gasteiger partial charge < -0.3 is 15.5 Å². The Hall–Kier alpha value is -2.83. The van der Waals surface area contributed by atoms with Gasteiger partial charge in [0.25, 0.3) is 11.6 Å². The summed E-state index contributed by atoms with van der Waals surface area (Å²) < 4.78 is 5.17. The molecule has 2 rings (SSSR count). The van der Waals surface area contributed by atoms with Gasteiger partial charge in [0, 0.05) is 6.07 Å². The van der Waals surface area contributed by atoms with Gasteiger partial charge in [0.05, 0.1) is 22.8 Å². The van der Waals surface area contributed by atoms with Gasteiger partial charge in [-0.2, -0.15) is 0 Å². The number of carbonyl (C=O) groups is 1. The Balaban J connectivity index is 2.22. The van der Waals surface area contributed by atoms with Crippen LogP contribution in [0.5, 0.6) is 0 Å². The number of nitrogen functional groups attached to an aromatic ring is 1. The van der Waals surface area contributed by atoms with Crippen LogP contribution in [0.3, 0.4) is 0 Å². The van der Waals surface area contributed by atoms with Crippen LogP contribution in [0.1, 0.15) is 29.1 Å². The lowest BCUT2D eigenvalue weighted by molar-refractivity contribution is -0.383. The quantitative estimate of drug-likeness (QED) is 0.505. The van der Waals surface area contributed by atoms with Crippen LogP contribution < -0.4 is 11.1 Å². The van der Waals surface area contributed by atoms with Crippen LogP contribution in [0.4, 0.5) is 11.4 Å². The molecule has 3 N–H and O–H groups in total. The third kappa shape index (κ3) is 2.61. The van der Waals surface area contributed by atoms with Crippen LogP contribution in [0, 0.1) is 10.1 Å². The summed E-state index contributed by atoms with van der Waals surface area (Å²) in [6.07, 6.45) is 1.50. The van der Waals surface area contributed by atoms with Gasteiger partial charge in [0.2, 0.25) is 0 Å². The van der Waals surface area contributed by atoms with Crippen LogP contribution in [0.25, 0.3) is 0 Å². The molecule has 1 amide bonds. The molecule has 0 aliphatic heterocycles. The second-order valence-electron chi connectivity index (χ2n) is 4.21. The Morgan fingerprint density at radius 3 is 2.75 bits per heavy atom. The van der Waals surface area contributed by atoms with Gasteiger partial charge in [0.15, 0.2) is 0 Å². The number of rotatable bonds is 4. The van der Waals surface area contributed by atoms with E-state index in [0.717, 1.165) is 0 Å². The Bertz CT molecular complexity index is 637. The van der Waals surface area contributed by atoms with Crippen LogP contribution in [0.2, 0.25) is 0 Å². The van der Waals surface area contributed by atoms with Crippen LogP contribution in [0.15, 0.2) is 41.0 Å². The molecule has 0 aliphatic rings. The molecule has 0 saturated carbocycles. The number of anilines is 1. The van der Waals surface area contributed by atoms with Crippen molar-refractivity contribution in [1.82, 2.24) is 5.32 Å². The van der Waals surface area contributed by atoms with E-state index in [2.05, 4.69) is 5.32 Å². The first-order valence-electron chi connectivity index (χ1n) is 5.88. The van der Waals surface area contributed by atoms with E-state index in [4.69, 9.17) is 10.2 Å². The average molecular weight is 275 g/mol. The molecule has 1 heterocycles. The summed E-state index contributed by atoms with van der Waals surface area (Å²) in [5.41, 5.74) is 5.28. The molecule has 0 aliphatic carbocycles. The van der Waals surface area contributed by atoms with Crippen LogP contribution >= 0.6 is 0 Å². The van der Waals surface area contributed by atoms with E-state index in [0.29, 0.717) is 5.76 Å². The highest BCUT2D eigenvalue weighted by atomic mass is 16.6. The summed E-state index contributed by atoms with van der Waals surface area (Å²) in [6.45, 7) is 1.74. The minimum absolute atomic E-state index is 0.0672. The van der Waals surface area contributed by atoms with Gasteiger partial charge in [-0.1, -0.05) is 6.07 Å². The van der Waals surface area contributed by atoms with Crippen LogP contribution in [-0.2, 0) is 0 Å². The van der Waals surface area contributed by atoms with E-state index >= 15 is 0 Å². The number of para-hydroxylation sites is 1. The molecule has 0 fully saturated rings. The molecule has 2 aromatic rings. The minimum Gasteiger partial charge on any atom is -0.467 e. The fraction of sp³-hybridized carbons (Fsp3) is 0.154. The van der Waals surface area contributed by atoms with Gasteiger partial charge in [-0.25, -0.2) is 0 Å². The van der Waals surface area contributed by atoms with E-state index in [9.17, 15) is 14.9 Å². The summed E-state index contributed by atoms with van der Waals surface area (Å²) >= 11 is 0. The fourth-order valence-electron chi connectivity index (χ4n) is 1.79. The molecule has 0 radical (unpaired) electrons. The number of carbonyl (C=O) groups excluding carboxylic acids is 1. The number of amides is 1. The van der Waals surface area contributed by atoms with E-state index in [1.165, 1.54) is 24.5 Å². The minimum atomic E-state index is -0.623. The van der Waals surface area contributed by atoms with Crippen molar-refractivity contribution in [2.45, 2.75) is 13.0 Å². The summed E-state index contributed by atoms with van der Waals surface area (Å²) in [4.78, 5) is 22.3. The zero-order chi connectivity index (χ0) is 14.7. The van der Waals surface area contributed by atoms with Crippen LogP contribution in [-0.4, -0.2) is 10.8 Å². The highest BCUT2D eigenvalue weighted by Gasteiger charge is 2.20. The SMILES string of the molecule is CC(NC(=O)c1cccc([N+](=O)[O-])c1N)c1ccco1. The first kappa shape index (κ1) is 13.6. The number of nitrogens with two attached hydrogens (primary N) is 1. The molecule has 20 heavy (non-hydrogen) atoms. The predicted octanol–water partition coefficient (Wildman–Crippen LogP) is 2.26. The fourth-order valence-corrected chi connectivity index (χ4v) is 1.79. The lowest BCUT2D eigenvalue weighted by Gasteiger charge is -2.12. The Kier molecular flexibility index (Phi) is 3.69. The molecule has 104 valence electrons. The Morgan fingerprint density at radius 2 is 2.15 bits per heavy atom. The number of nitro groups is 1. The maximum atomic E-state index is 12.1. The number of nitrogens with one attached hydrogen (secondary N) is 1. The molecule has 7 nitrogen and oxygen atoms in total. The van der Waals surface area contributed by atoms with Gasteiger partial charge in [0.1, 0.15) is 11.4 Å². The van der Waals surface area contributed by atoms with Crippen molar-refractivity contribution in [2.75, 3.05) is 5.73 Å². The maximum absolute atomic E-state index is 12.1. The molecular weight excluding hydrogens is 262 g/mol. The predicted molar refractivity (Wildman–Crippen MR) is 72.1 cm³/mol. The van der Waals surface area contributed by atoms with Crippen molar-refractivity contribution in [1.29, 1.82) is 0 Å². The largest absolute Gasteiger partial charge is 0.467 e. The van der Waals surface area contributed by atoms with Gasteiger partial charge in [-0.05, 0) is 25.1 Å². The molecule has 0 spiro atoms. The van der Waals surface area contributed by atoms with Gasteiger partial charge >= 0.3 is 0 Å². The summed E-state index contributed by atoms with van der Waals surface area (Å²) in [5.74, 6) is 0.0949. The summed E-state index contributed by atoms with van der Waals surface area (Å²) in [6, 6.07) is 7.17. The summed E-state index contributed by atoms with van der Waals surface area (Å²) in [5, 5.41) is 13.5. The van der Waals surface area contributed by atoms with Gasteiger partial charge in [-0.3, -0.25) is 14.9 Å². The van der Waals surface area contributed by atoms with Crippen molar-refractivity contribution in [3.8, 4) is 0 Å². The second kappa shape index (κ2) is 5.43. The van der Waals surface area contributed by atoms with Crippen molar-refractivity contribution in [2.24, 2.45) is 0 Å². The lowest BCUT2D eigenvalue weighted by atomic mass is 10.1. The first-order chi connectivity index (χ1) is 9.50. The molecule has 1 unspecified atom stereocenters. The molecule has 1 aromatic heterocycles. The lowest BCUT2D eigenvalue weighted by Crippen LogP contribution is -2.27. The van der Waals surface area contributed by atoms with Crippen molar-refractivity contribution >= 4 is 17.3 Å². The zero-order valence-corrected chi connectivity index (χ0v) is 10.7. The molecule has 7 heteroatoms. The maximum Gasteiger partial charge on any atom is 0.292 e. The van der Waals surface area contributed by atoms with E-state index in [1.807, 2.05) is 0 Å². The zero-order valence-electron chi connectivity index (χ0n) is 10.7. The molecule has 0 bridgehead atoms. The topological polar surface area (TPSA) is 111 Å². The van der Waals surface area contributed by atoms with Crippen molar-refractivity contribution < 1.29 is 14.1 Å².